The fourth-order valence-electron chi connectivity index (χ4n) is 3.56. The van der Waals surface area contributed by atoms with Crippen molar-refractivity contribution < 1.29 is 9.53 Å². The molecule has 0 spiro atoms. The van der Waals surface area contributed by atoms with Gasteiger partial charge in [-0.15, -0.1) is 0 Å². The average Bonchev–Trinajstić information content (AvgIpc) is 2.99. The van der Waals surface area contributed by atoms with Crippen LogP contribution in [-0.2, 0) is 9.53 Å². The van der Waals surface area contributed by atoms with Crippen LogP contribution in [0.25, 0.3) is 0 Å². The Balaban J connectivity index is 1.64. The summed E-state index contributed by atoms with van der Waals surface area (Å²) < 4.78 is 5.84. The lowest BCUT2D eigenvalue weighted by Gasteiger charge is -2.33. The zero-order valence-electron chi connectivity index (χ0n) is 13.5. The number of rotatable bonds is 3. The monoisotopic (exact) mass is 303 g/mol. The van der Waals surface area contributed by atoms with Gasteiger partial charge in [0, 0.05) is 18.7 Å². The second kappa shape index (κ2) is 6.73. The van der Waals surface area contributed by atoms with Crippen LogP contribution in [0.2, 0.25) is 0 Å². The van der Waals surface area contributed by atoms with E-state index in [1.165, 1.54) is 25.7 Å². The third kappa shape index (κ3) is 3.64. The third-order valence-electron chi connectivity index (χ3n) is 4.67. The highest BCUT2D eigenvalue weighted by Gasteiger charge is 2.28. The number of nitrogens with zero attached hydrogens (tertiary/aromatic N) is 3. The van der Waals surface area contributed by atoms with Gasteiger partial charge in [-0.25, -0.2) is 9.97 Å². The van der Waals surface area contributed by atoms with E-state index in [0.717, 1.165) is 17.2 Å². The van der Waals surface area contributed by atoms with Gasteiger partial charge in [0.1, 0.15) is 11.9 Å². The van der Waals surface area contributed by atoms with E-state index in [9.17, 15) is 4.79 Å². The Kier molecular flexibility index (Phi) is 4.71. The van der Waals surface area contributed by atoms with E-state index in [4.69, 9.17) is 4.74 Å². The molecular formula is C17H25N3O2. The summed E-state index contributed by atoms with van der Waals surface area (Å²) >= 11 is 0. The van der Waals surface area contributed by atoms with Crippen molar-refractivity contribution in [2.24, 2.45) is 5.92 Å². The maximum absolute atomic E-state index is 12.5. The summed E-state index contributed by atoms with van der Waals surface area (Å²) in [6, 6.07) is 1.96. The fraction of sp³-hybridized carbons (Fsp3) is 0.706. The Morgan fingerprint density at radius 2 is 2.09 bits per heavy atom. The Labute approximate surface area is 132 Å². The largest absolute Gasteiger partial charge is 0.368 e. The van der Waals surface area contributed by atoms with Crippen molar-refractivity contribution in [3.8, 4) is 0 Å². The summed E-state index contributed by atoms with van der Waals surface area (Å²) in [5.41, 5.74) is 1.84. The average molecular weight is 303 g/mol. The third-order valence-corrected chi connectivity index (χ3v) is 4.67. The van der Waals surface area contributed by atoms with E-state index in [1.807, 2.05) is 24.8 Å². The van der Waals surface area contributed by atoms with Gasteiger partial charge >= 0.3 is 0 Å². The molecule has 0 unspecified atom stereocenters. The minimum atomic E-state index is -0.123. The van der Waals surface area contributed by atoms with Gasteiger partial charge in [0.2, 0.25) is 5.91 Å². The van der Waals surface area contributed by atoms with Gasteiger partial charge in [-0.2, -0.15) is 0 Å². The Morgan fingerprint density at radius 3 is 2.82 bits per heavy atom. The summed E-state index contributed by atoms with van der Waals surface area (Å²) in [5.74, 6) is 1.63. The molecule has 0 radical (unpaired) electrons. The topological polar surface area (TPSA) is 55.3 Å². The first kappa shape index (κ1) is 15.4. The lowest BCUT2D eigenvalue weighted by molar-refractivity contribution is -0.140. The molecule has 1 aliphatic heterocycles. The lowest BCUT2D eigenvalue weighted by atomic mass is 10.0. The number of hydrogen-bond acceptors (Lipinski definition) is 4. The van der Waals surface area contributed by atoms with Gasteiger partial charge in [0.15, 0.2) is 0 Å². The molecule has 1 saturated carbocycles. The summed E-state index contributed by atoms with van der Waals surface area (Å²) in [4.78, 5) is 23.2. The van der Waals surface area contributed by atoms with E-state index in [1.54, 1.807) is 0 Å². The van der Waals surface area contributed by atoms with Crippen LogP contribution in [0, 0.1) is 19.8 Å². The molecule has 1 saturated heterocycles. The Hall–Kier alpha value is -1.49. The molecule has 2 aliphatic rings. The molecule has 3 rings (SSSR count). The minimum Gasteiger partial charge on any atom is -0.368 e. The first-order valence-corrected chi connectivity index (χ1v) is 8.33. The standard InChI is InChI=1S/C17H25N3O2/c1-12-9-15(19-13(2)18-12)16-11-20(7-8-22-16)17(21)10-14-5-3-4-6-14/h9,14,16H,3-8,10-11H2,1-2H3/t16-/m0/s1. The molecule has 0 bridgehead atoms. The highest BCUT2D eigenvalue weighted by molar-refractivity contribution is 5.76. The van der Waals surface area contributed by atoms with Gasteiger partial charge in [0.25, 0.3) is 0 Å². The van der Waals surface area contributed by atoms with Crippen LogP contribution < -0.4 is 0 Å². The number of hydrogen-bond donors (Lipinski definition) is 0. The van der Waals surface area contributed by atoms with Crippen molar-refractivity contribution in [2.75, 3.05) is 19.7 Å². The van der Waals surface area contributed by atoms with Crippen LogP contribution in [-0.4, -0.2) is 40.5 Å². The van der Waals surface area contributed by atoms with Crippen molar-refractivity contribution in [1.29, 1.82) is 0 Å². The maximum atomic E-state index is 12.5. The molecule has 0 aromatic carbocycles. The molecule has 22 heavy (non-hydrogen) atoms. The van der Waals surface area contributed by atoms with Gasteiger partial charge < -0.3 is 9.64 Å². The van der Waals surface area contributed by atoms with Crippen molar-refractivity contribution in [3.63, 3.8) is 0 Å². The van der Waals surface area contributed by atoms with E-state index >= 15 is 0 Å². The molecule has 0 N–H and O–H groups in total. The van der Waals surface area contributed by atoms with Crippen LogP contribution in [0.15, 0.2) is 6.07 Å². The van der Waals surface area contributed by atoms with Crippen molar-refractivity contribution in [2.45, 2.75) is 52.1 Å². The number of morpholine rings is 1. The van der Waals surface area contributed by atoms with E-state index in [-0.39, 0.29) is 12.0 Å². The van der Waals surface area contributed by atoms with Crippen LogP contribution in [0.1, 0.15) is 55.4 Å². The highest BCUT2D eigenvalue weighted by Crippen LogP contribution is 2.29. The molecule has 5 heteroatoms. The second-order valence-electron chi connectivity index (χ2n) is 6.54. The first-order chi connectivity index (χ1) is 10.6. The predicted octanol–water partition coefficient (Wildman–Crippen LogP) is 2.57. The minimum absolute atomic E-state index is 0.123. The molecule has 1 amide bonds. The molecule has 2 heterocycles. The number of carbonyl (C=O) groups is 1. The van der Waals surface area contributed by atoms with Crippen LogP contribution in [0.4, 0.5) is 0 Å². The summed E-state index contributed by atoms with van der Waals surface area (Å²) in [5, 5.41) is 0. The van der Waals surface area contributed by atoms with E-state index < -0.39 is 0 Å². The molecule has 1 aliphatic carbocycles. The molecule has 1 aromatic rings. The number of carbonyl (C=O) groups excluding carboxylic acids is 1. The molecule has 5 nitrogen and oxygen atoms in total. The first-order valence-electron chi connectivity index (χ1n) is 8.33. The van der Waals surface area contributed by atoms with Crippen molar-refractivity contribution in [1.82, 2.24) is 14.9 Å². The molecule has 120 valence electrons. The summed E-state index contributed by atoms with van der Waals surface area (Å²) in [7, 11) is 0. The quantitative estimate of drug-likeness (QED) is 0.861. The van der Waals surface area contributed by atoms with Gasteiger partial charge in [-0.1, -0.05) is 12.8 Å². The van der Waals surface area contributed by atoms with Crippen LogP contribution in [0.5, 0.6) is 0 Å². The number of amides is 1. The SMILES string of the molecule is Cc1cc([C@@H]2CN(C(=O)CC3CCCC3)CCO2)nc(C)n1. The lowest BCUT2D eigenvalue weighted by Crippen LogP contribution is -2.43. The van der Waals surface area contributed by atoms with Crippen LogP contribution in [0.3, 0.4) is 0 Å². The summed E-state index contributed by atoms with van der Waals surface area (Å²) in [6.45, 7) is 5.75. The fourth-order valence-corrected chi connectivity index (χ4v) is 3.56. The molecular weight excluding hydrogens is 278 g/mol. The number of aryl methyl sites for hydroxylation is 2. The van der Waals surface area contributed by atoms with Crippen molar-refractivity contribution >= 4 is 5.91 Å². The van der Waals surface area contributed by atoms with Crippen LogP contribution >= 0.6 is 0 Å². The van der Waals surface area contributed by atoms with E-state index in [2.05, 4.69) is 9.97 Å². The van der Waals surface area contributed by atoms with E-state index in [0.29, 0.717) is 32.0 Å². The zero-order valence-corrected chi connectivity index (χ0v) is 13.5. The second-order valence-corrected chi connectivity index (χ2v) is 6.54. The predicted molar refractivity (Wildman–Crippen MR) is 83.4 cm³/mol. The molecule has 2 fully saturated rings. The summed E-state index contributed by atoms with van der Waals surface area (Å²) in [6.07, 6.45) is 5.57. The highest BCUT2D eigenvalue weighted by atomic mass is 16.5. The number of aromatic nitrogens is 2. The molecule has 1 atom stereocenters. The van der Waals surface area contributed by atoms with Crippen molar-refractivity contribution in [3.05, 3.63) is 23.3 Å². The zero-order chi connectivity index (χ0) is 15.5. The molecule has 1 aromatic heterocycles. The number of ether oxygens (including phenoxy) is 1. The Bertz CT molecular complexity index is 520. The maximum Gasteiger partial charge on any atom is 0.223 e. The smallest absolute Gasteiger partial charge is 0.223 e. The Morgan fingerprint density at radius 1 is 1.32 bits per heavy atom. The van der Waals surface area contributed by atoms with Gasteiger partial charge in [-0.3, -0.25) is 4.79 Å². The van der Waals surface area contributed by atoms with Gasteiger partial charge in [-0.05, 0) is 38.7 Å². The van der Waals surface area contributed by atoms with Gasteiger partial charge in [0.05, 0.1) is 18.8 Å². The normalized spacial score (nSPS) is 23.0.